The Kier molecular flexibility index (Phi) is 5.81. The van der Waals surface area contributed by atoms with E-state index in [9.17, 15) is 13.2 Å². The van der Waals surface area contributed by atoms with Crippen LogP contribution >= 0.6 is 0 Å². The van der Waals surface area contributed by atoms with E-state index in [4.69, 9.17) is 5.26 Å². The summed E-state index contributed by atoms with van der Waals surface area (Å²) >= 11 is 0. The van der Waals surface area contributed by atoms with E-state index in [0.29, 0.717) is 6.42 Å². The van der Waals surface area contributed by atoms with E-state index in [2.05, 4.69) is 14.4 Å². The SMILES string of the molecule is COC(=O)C(CC(C)C)NS(=O)(=O)c1ccc(C#N)nc1. The van der Waals surface area contributed by atoms with Crippen molar-refractivity contribution in [2.45, 2.75) is 31.2 Å². The van der Waals surface area contributed by atoms with E-state index in [0.717, 1.165) is 6.20 Å². The lowest BCUT2D eigenvalue weighted by atomic mass is 10.1. The van der Waals surface area contributed by atoms with Gasteiger partial charge in [-0.3, -0.25) is 4.79 Å². The van der Waals surface area contributed by atoms with Crippen LogP contribution in [0.5, 0.6) is 0 Å². The van der Waals surface area contributed by atoms with Crippen LogP contribution in [0.1, 0.15) is 26.0 Å². The third-order valence-corrected chi connectivity index (χ3v) is 4.11. The van der Waals surface area contributed by atoms with E-state index < -0.39 is 22.0 Å². The lowest BCUT2D eigenvalue weighted by Crippen LogP contribution is -2.42. The van der Waals surface area contributed by atoms with Crippen LogP contribution in [-0.2, 0) is 19.6 Å². The maximum absolute atomic E-state index is 12.2. The topological polar surface area (TPSA) is 109 Å². The van der Waals surface area contributed by atoms with Crippen LogP contribution in [0.4, 0.5) is 0 Å². The molecule has 0 saturated carbocycles. The number of ether oxygens (including phenoxy) is 1. The predicted molar refractivity (Wildman–Crippen MR) is 74.5 cm³/mol. The van der Waals surface area contributed by atoms with E-state index in [1.807, 2.05) is 13.8 Å². The Morgan fingerprint density at radius 2 is 2.14 bits per heavy atom. The minimum absolute atomic E-state index is 0.107. The fraction of sp³-hybridized carbons (Fsp3) is 0.462. The minimum atomic E-state index is -3.91. The number of nitriles is 1. The summed E-state index contributed by atoms with van der Waals surface area (Å²) in [5.41, 5.74) is 0.112. The van der Waals surface area contributed by atoms with Crippen molar-refractivity contribution in [2.24, 2.45) is 5.92 Å². The van der Waals surface area contributed by atoms with Gasteiger partial charge in [-0.05, 0) is 24.5 Å². The third-order valence-electron chi connectivity index (χ3n) is 2.65. The number of rotatable bonds is 6. The van der Waals surface area contributed by atoms with Gasteiger partial charge in [-0.1, -0.05) is 13.8 Å². The standard InChI is InChI=1S/C13H17N3O4S/c1-9(2)6-12(13(17)20-3)16-21(18,19)11-5-4-10(7-14)15-8-11/h4-5,8-9,12,16H,6H2,1-3H3. The Morgan fingerprint density at radius 3 is 2.57 bits per heavy atom. The molecule has 0 saturated heterocycles. The number of carbonyl (C=O) groups excluding carboxylic acids is 1. The maximum Gasteiger partial charge on any atom is 0.323 e. The van der Waals surface area contributed by atoms with Gasteiger partial charge in [-0.2, -0.15) is 9.98 Å². The summed E-state index contributed by atoms with van der Waals surface area (Å²) in [5.74, 6) is -0.537. The average molecular weight is 311 g/mol. The fourth-order valence-electron chi connectivity index (χ4n) is 1.67. The molecule has 7 nitrogen and oxygen atoms in total. The van der Waals surface area contributed by atoms with Gasteiger partial charge >= 0.3 is 5.97 Å². The summed E-state index contributed by atoms with van der Waals surface area (Å²) in [5, 5.41) is 8.64. The average Bonchev–Trinajstić information content (AvgIpc) is 2.45. The highest BCUT2D eigenvalue weighted by atomic mass is 32.2. The van der Waals surface area contributed by atoms with Crippen molar-refractivity contribution in [1.29, 1.82) is 5.26 Å². The molecule has 1 aromatic rings. The molecule has 1 rings (SSSR count). The molecule has 0 amide bonds. The number of esters is 1. The summed E-state index contributed by atoms with van der Waals surface area (Å²) in [6.45, 7) is 3.74. The van der Waals surface area contributed by atoms with E-state index >= 15 is 0 Å². The van der Waals surface area contributed by atoms with Crippen LogP contribution in [0.3, 0.4) is 0 Å². The van der Waals surface area contributed by atoms with Gasteiger partial charge in [0.05, 0.1) is 7.11 Å². The molecule has 0 aliphatic heterocycles. The smallest absolute Gasteiger partial charge is 0.323 e. The Balaban J connectivity index is 2.99. The van der Waals surface area contributed by atoms with Gasteiger partial charge in [-0.25, -0.2) is 13.4 Å². The molecule has 114 valence electrons. The number of methoxy groups -OCH3 is 1. The fourth-order valence-corrected chi connectivity index (χ4v) is 2.81. The van der Waals surface area contributed by atoms with Crippen LogP contribution in [0, 0.1) is 17.2 Å². The molecular formula is C13H17N3O4S. The molecular weight excluding hydrogens is 294 g/mol. The highest BCUT2D eigenvalue weighted by molar-refractivity contribution is 7.89. The van der Waals surface area contributed by atoms with Gasteiger partial charge in [0, 0.05) is 6.20 Å². The number of hydrogen-bond acceptors (Lipinski definition) is 6. The molecule has 0 aliphatic rings. The second-order valence-electron chi connectivity index (χ2n) is 4.82. The van der Waals surface area contributed by atoms with Crippen molar-refractivity contribution in [2.75, 3.05) is 7.11 Å². The zero-order valence-corrected chi connectivity index (χ0v) is 12.8. The van der Waals surface area contributed by atoms with Crippen molar-refractivity contribution in [1.82, 2.24) is 9.71 Å². The summed E-state index contributed by atoms with van der Waals surface area (Å²) in [4.78, 5) is 15.2. The number of pyridine rings is 1. The molecule has 1 heterocycles. The quantitative estimate of drug-likeness (QED) is 0.779. The number of sulfonamides is 1. The van der Waals surface area contributed by atoms with Crippen LogP contribution in [0.15, 0.2) is 23.2 Å². The molecule has 0 aliphatic carbocycles. The molecule has 0 bridgehead atoms. The molecule has 0 fully saturated rings. The van der Waals surface area contributed by atoms with Crippen molar-refractivity contribution in [3.05, 3.63) is 24.0 Å². The first-order chi connectivity index (χ1) is 9.80. The van der Waals surface area contributed by atoms with Crippen LogP contribution in [0.25, 0.3) is 0 Å². The third kappa shape index (κ3) is 4.81. The number of aromatic nitrogens is 1. The van der Waals surface area contributed by atoms with Gasteiger partial charge in [0.2, 0.25) is 10.0 Å². The summed E-state index contributed by atoms with van der Waals surface area (Å²) < 4.78 is 31.3. The molecule has 1 atom stereocenters. The minimum Gasteiger partial charge on any atom is -0.468 e. The summed E-state index contributed by atoms with van der Waals surface area (Å²) in [6, 6.07) is 3.39. The van der Waals surface area contributed by atoms with Crippen molar-refractivity contribution in [3.8, 4) is 6.07 Å². The highest BCUT2D eigenvalue weighted by Gasteiger charge is 2.27. The highest BCUT2D eigenvalue weighted by Crippen LogP contribution is 2.12. The number of carbonyl (C=O) groups is 1. The van der Waals surface area contributed by atoms with E-state index in [1.54, 1.807) is 6.07 Å². The van der Waals surface area contributed by atoms with Gasteiger partial charge in [0.15, 0.2) is 0 Å². The van der Waals surface area contributed by atoms with Gasteiger partial charge in [0.25, 0.3) is 0 Å². The molecule has 1 unspecified atom stereocenters. The van der Waals surface area contributed by atoms with E-state index in [-0.39, 0.29) is 16.5 Å². The van der Waals surface area contributed by atoms with Crippen LogP contribution in [0.2, 0.25) is 0 Å². The largest absolute Gasteiger partial charge is 0.468 e. The first-order valence-corrected chi connectivity index (χ1v) is 7.74. The lowest BCUT2D eigenvalue weighted by Gasteiger charge is -2.18. The molecule has 0 aromatic carbocycles. The Hall–Kier alpha value is -1.98. The Labute approximate surface area is 124 Å². The Morgan fingerprint density at radius 1 is 1.48 bits per heavy atom. The van der Waals surface area contributed by atoms with Gasteiger partial charge in [0.1, 0.15) is 22.7 Å². The number of hydrogen-bond donors (Lipinski definition) is 1. The predicted octanol–water partition coefficient (Wildman–Crippen LogP) is 0.819. The maximum atomic E-state index is 12.2. The van der Waals surface area contributed by atoms with Crippen LogP contribution < -0.4 is 4.72 Å². The first kappa shape index (κ1) is 17.1. The first-order valence-electron chi connectivity index (χ1n) is 6.26. The molecule has 1 N–H and O–H groups in total. The molecule has 21 heavy (non-hydrogen) atoms. The zero-order chi connectivity index (χ0) is 16.0. The molecule has 0 radical (unpaired) electrons. The molecule has 8 heteroatoms. The molecule has 1 aromatic heterocycles. The van der Waals surface area contributed by atoms with E-state index in [1.165, 1.54) is 19.2 Å². The molecule has 0 spiro atoms. The number of nitrogens with one attached hydrogen (secondary N) is 1. The van der Waals surface area contributed by atoms with Gasteiger partial charge < -0.3 is 4.74 Å². The zero-order valence-electron chi connectivity index (χ0n) is 12.0. The van der Waals surface area contributed by atoms with Crippen molar-refractivity contribution in [3.63, 3.8) is 0 Å². The normalized spacial score (nSPS) is 12.7. The monoisotopic (exact) mass is 311 g/mol. The lowest BCUT2D eigenvalue weighted by molar-refractivity contribution is -0.143. The second-order valence-corrected chi connectivity index (χ2v) is 6.53. The summed E-state index contributed by atoms with van der Waals surface area (Å²) in [7, 11) is -2.71. The Bertz CT molecular complexity index is 632. The number of nitrogens with zero attached hydrogens (tertiary/aromatic N) is 2. The van der Waals surface area contributed by atoms with Gasteiger partial charge in [-0.15, -0.1) is 0 Å². The van der Waals surface area contributed by atoms with Crippen LogP contribution in [-0.4, -0.2) is 32.5 Å². The second kappa shape index (κ2) is 7.15. The van der Waals surface area contributed by atoms with Crippen molar-refractivity contribution < 1.29 is 17.9 Å². The summed E-state index contributed by atoms with van der Waals surface area (Å²) in [6.07, 6.45) is 1.39. The van der Waals surface area contributed by atoms with Crippen molar-refractivity contribution >= 4 is 16.0 Å².